The molecule has 0 atom stereocenters. The molecule has 0 spiro atoms. The molecule has 0 saturated heterocycles. The van der Waals surface area contributed by atoms with E-state index in [1.165, 1.54) is 0 Å². The minimum Gasteiger partial charge on any atom is -0.325 e. The van der Waals surface area contributed by atoms with Crippen LogP contribution in [0.1, 0.15) is 12.2 Å². The number of rotatable bonds is 3. The normalized spacial score (nSPS) is 9.78. The minimum atomic E-state index is -0.308. The van der Waals surface area contributed by atoms with E-state index in [1.807, 2.05) is 42.0 Å². The van der Waals surface area contributed by atoms with E-state index in [4.69, 9.17) is 5.26 Å². The molecular weight excluding hydrogens is 228 g/mol. The van der Waals surface area contributed by atoms with Crippen molar-refractivity contribution in [1.29, 1.82) is 5.26 Å². The lowest BCUT2D eigenvalue weighted by atomic mass is 10.2. The Bertz CT molecular complexity index is 609. The van der Waals surface area contributed by atoms with Crippen molar-refractivity contribution < 1.29 is 4.79 Å². The van der Waals surface area contributed by atoms with Gasteiger partial charge in [0.05, 0.1) is 6.07 Å². The quantitative estimate of drug-likeness (QED) is 0.892. The van der Waals surface area contributed by atoms with Crippen LogP contribution in [0.5, 0.6) is 0 Å². The molecule has 2 aromatic rings. The highest BCUT2D eigenvalue weighted by Gasteiger charge is 2.04. The van der Waals surface area contributed by atoms with Gasteiger partial charge in [0, 0.05) is 23.8 Å². The van der Waals surface area contributed by atoms with Gasteiger partial charge in [-0.25, -0.2) is 4.98 Å². The highest BCUT2D eigenvalue weighted by atomic mass is 16.1. The molecule has 1 aromatic carbocycles. The van der Waals surface area contributed by atoms with Gasteiger partial charge in [-0.2, -0.15) is 5.26 Å². The van der Waals surface area contributed by atoms with Gasteiger partial charge in [0.2, 0.25) is 5.91 Å². The molecule has 1 aromatic heterocycles. The van der Waals surface area contributed by atoms with Crippen LogP contribution in [0.4, 0.5) is 5.69 Å². The second-order valence-electron chi connectivity index (χ2n) is 3.78. The lowest BCUT2D eigenvalue weighted by molar-refractivity contribution is -0.115. The number of hydrogen-bond donors (Lipinski definition) is 1. The Kier molecular flexibility index (Phi) is 3.39. The van der Waals surface area contributed by atoms with Crippen LogP contribution >= 0.6 is 0 Å². The molecule has 0 bridgehead atoms. The zero-order valence-corrected chi connectivity index (χ0v) is 9.92. The topological polar surface area (TPSA) is 70.7 Å². The zero-order chi connectivity index (χ0) is 13.0. The average molecular weight is 240 g/mol. The number of nitrogens with one attached hydrogen (secondary N) is 1. The Balaban J connectivity index is 2.24. The van der Waals surface area contributed by atoms with E-state index >= 15 is 0 Å². The molecule has 5 nitrogen and oxygen atoms in total. The van der Waals surface area contributed by atoms with Crippen molar-refractivity contribution in [2.24, 2.45) is 0 Å². The predicted molar refractivity (Wildman–Crippen MR) is 67.2 cm³/mol. The van der Waals surface area contributed by atoms with Gasteiger partial charge in [-0.05, 0) is 25.1 Å². The average Bonchev–Trinajstić information content (AvgIpc) is 2.76. The van der Waals surface area contributed by atoms with Gasteiger partial charge in [-0.3, -0.25) is 4.79 Å². The fourth-order valence-corrected chi connectivity index (χ4v) is 1.66. The summed E-state index contributed by atoms with van der Waals surface area (Å²) >= 11 is 0. The number of anilines is 1. The van der Waals surface area contributed by atoms with Crippen molar-refractivity contribution in [2.75, 3.05) is 5.32 Å². The van der Waals surface area contributed by atoms with Crippen LogP contribution in [0, 0.1) is 18.3 Å². The lowest BCUT2D eigenvalue weighted by Gasteiger charge is -2.08. The molecular formula is C13H12N4O. The number of nitrogens with zero attached hydrogens (tertiary/aromatic N) is 3. The Labute approximate surface area is 105 Å². The first kappa shape index (κ1) is 11.9. The van der Waals surface area contributed by atoms with Crippen molar-refractivity contribution in [3.8, 4) is 11.8 Å². The molecule has 0 saturated carbocycles. The Hall–Kier alpha value is -2.61. The third-order valence-corrected chi connectivity index (χ3v) is 2.47. The van der Waals surface area contributed by atoms with Crippen LogP contribution in [0.3, 0.4) is 0 Å². The van der Waals surface area contributed by atoms with Gasteiger partial charge < -0.3 is 9.88 Å². The first-order valence-electron chi connectivity index (χ1n) is 5.48. The second-order valence-corrected chi connectivity index (χ2v) is 3.78. The van der Waals surface area contributed by atoms with Crippen molar-refractivity contribution in [1.82, 2.24) is 9.55 Å². The predicted octanol–water partition coefficient (Wildman–Crippen LogP) is 2.03. The first-order valence-corrected chi connectivity index (χ1v) is 5.48. The summed E-state index contributed by atoms with van der Waals surface area (Å²) < 4.78 is 1.92. The van der Waals surface area contributed by atoms with Crippen molar-refractivity contribution in [3.63, 3.8) is 0 Å². The number of amides is 1. The molecule has 5 heteroatoms. The smallest absolute Gasteiger partial charge is 0.238 e. The standard InChI is InChI=1S/C13H12N4O/c1-10-15-7-8-17(10)12-4-2-3-11(9-12)16-13(18)5-6-14/h2-4,7-9H,5H2,1H3,(H,16,18). The summed E-state index contributed by atoms with van der Waals surface area (Å²) in [6.07, 6.45) is 3.43. The molecule has 1 N–H and O–H groups in total. The maximum atomic E-state index is 11.3. The van der Waals surface area contributed by atoms with Gasteiger partial charge in [0.25, 0.3) is 0 Å². The van der Waals surface area contributed by atoms with Crippen LogP contribution in [-0.2, 0) is 4.79 Å². The van der Waals surface area contributed by atoms with Crippen LogP contribution < -0.4 is 5.32 Å². The third kappa shape index (κ3) is 2.55. The number of aryl methyl sites for hydroxylation is 1. The lowest BCUT2D eigenvalue weighted by Crippen LogP contribution is -2.10. The number of benzene rings is 1. The molecule has 0 aliphatic heterocycles. The van der Waals surface area contributed by atoms with E-state index in [0.717, 1.165) is 11.5 Å². The number of hydrogen-bond acceptors (Lipinski definition) is 3. The molecule has 0 unspecified atom stereocenters. The van der Waals surface area contributed by atoms with E-state index in [9.17, 15) is 4.79 Å². The number of nitriles is 1. The van der Waals surface area contributed by atoms with Crippen LogP contribution in [0.15, 0.2) is 36.7 Å². The van der Waals surface area contributed by atoms with E-state index in [-0.39, 0.29) is 12.3 Å². The van der Waals surface area contributed by atoms with Gasteiger partial charge in [-0.1, -0.05) is 6.07 Å². The molecule has 18 heavy (non-hydrogen) atoms. The van der Waals surface area contributed by atoms with E-state index < -0.39 is 0 Å². The molecule has 1 heterocycles. The molecule has 90 valence electrons. The summed E-state index contributed by atoms with van der Waals surface area (Å²) in [5, 5.41) is 11.1. The minimum absolute atomic E-state index is 0.145. The van der Waals surface area contributed by atoms with E-state index in [1.54, 1.807) is 12.3 Å². The summed E-state index contributed by atoms with van der Waals surface area (Å²) in [4.78, 5) is 15.5. The Morgan fingerprint density at radius 3 is 3.06 bits per heavy atom. The number of carbonyl (C=O) groups is 1. The van der Waals surface area contributed by atoms with Crippen LogP contribution in [0.25, 0.3) is 5.69 Å². The third-order valence-electron chi connectivity index (χ3n) is 2.47. The fourth-order valence-electron chi connectivity index (χ4n) is 1.66. The summed E-state index contributed by atoms with van der Waals surface area (Å²) in [7, 11) is 0. The molecule has 2 rings (SSSR count). The zero-order valence-electron chi connectivity index (χ0n) is 9.92. The Morgan fingerprint density at radius 1 is 1.56 bits per heavy atom. The highest BCUT2D eigenvalue weighted by Crippen LogP contribution is 2.16. The number of carbonyl (C=O) groups excluding carboxylic acids is 1. The maximum absolute atomic E-state index is 11.3. The van der Waals surface area contributed by atoms with Gasteiger partial charge in [0.1, 0.15) is 12.2 Å². The van der Waals surface area contributed by atoms with Crippen LogP contribution in [0.2, 0.25) is 0 Å². The highest BCUT2D eigenvalue weighted by molar-refractivity contribution is 5.92. The fraction of sp³-hybridized carbons (Fsp3) is 0.154. The molecule has 0 fully saturated rings. The van der Waals surface area contributed by atoms with E-state index in [0.29, 0.717) is 5.69 Å². The maximum Gasteiger partial charge on any atom is 0.238 e. The van der Waals surface area contributed by atoms with Crippen molar-refractivity contribution in [2.45, 2.75) is 13.3 Å². The second kappa shape index (κ2) is 5.15. The molecule has 1 amide bonds. The van der Waals surface area contributed by atoms with E-state index in [2.05, 4.69) is 10.3 Å². The summed E-state index contributed by atoms with van der Waals surface area (Å²) in [6, 6.07) is 9.20. The monoisotopic (exact) mass is 240 g/mol. The first-order chi connectivity index (χ1) is 8.70. The number of aromatic nitrogens is 2. The summed E-state index contributed by atoms with van der Waals surface area (Å²) in [6.45, 7) is 1.90. The van der Waals surface area contributed by atoms with Gasteiger partial charge >= 0.3 is 0 Å². The van der Waals surface area contributed by atoms with Gasteiger partial charge in [-0.15, -0.1) is 0 Å². The van der Waals surface area contributed by atoms with Crippen molar-refractivity contribution >= 4 is 11.6 Å². The van der Waals surface area contributed by atoms with Gasteiger partial charge in [0.15, 0.2) is 0 Å². The molecule has 0 aliphatic carbocycles. The van der Waals surface area contributed by atoms with Crippen LogP contribution in [-0.4, -0.2) is 15.5 Å². The molecule has 0 radical (unpaired) electrons. The SMILES string of the molecule is Cc1nccn1-c1cccc(NC(=O)CC#N)c1. The molecule has 0 aliphatic rings. The largest absolute Gasteiger partial charge is 0.325 e. The Morgan fingerprint density at radius 2 is 2.39 bits per heavy atom. The summed E-state index contributed by atoms with van der Waals surface area (Å²) in [5.74, 6) is 0.563. The summed E-state index contributed by atoms with van der Waals surface area (Å²) in [5.41, 5.74) is 1.58. The van der Waals surface area contributed by atoms with Crippen molar-refractivity contribution in [3.05, 3.63) is 42.5 Å². The number of imidazole rings is 1.